The topological polar surface area (TPSA) is 122 Å². The van der Waals surface area contributed by atoms with Crippen molar-refractivity contribution in [1.29, 1.82) is 0 Å². The van der Waals surface area contributed by atoms with E-state index in [2.05, 4.69) is 22.1 Å². The molecular weight excluding hydrogens is 372 g/mol. The molecule has 0 saturated carbocycles. The molecule has 0 aliphatic rings. The molecule has 10 heteroatoms. The minimum absolute atomic E-state index is 0.101. The van der Waals surface area contributed by atoms with Crippen molar-refractivity contribution in [3.05, 3.63) is 53.6 Å². The molecule has 5 N–H and O–H groups in total. The molecule has 2 rings (SSSR count). The van der Waals surface area contributed by atoms with Crippen molar-refractivity contribution < 1.29 is 23.6 Å². The number of nitrogens with two attached hydrogens (primary N) is 1. The van der Waals surface area contributed by atoms with Gasteiger partial charge < -0.3 is 15.6 Å². The zero-order valence-corrected chi connectivity index (χ0v) is 15.1. The summed E-state index contributed by atoms with van der Waals surface area (Å²) < 4.78 is 28.0. The quantitative estimate of drug-likeness (QED) is 0.334. The summed E-state index contributed by atoms with van der Waals surface area (Å²) in [6.45, 7) is 0.897. The average molecular weight is 391 g/mol. The molecule has 148 valence electrons. The van der Waals surface area contributed by atoms with Crippen molar-refractivity contribution in [1.82, 2.24) is 20.3 Å². The van der Waals surface area contributed by atoms with E-state index < -0.39 is 29.8 Å². The molecule has 0 spiro atoms. The van der Waals surface area contributed by atoms with Crippen LogP contribution in [0, 0.1) is 11.8 Å². The summed E-state index contributed by atoms with van der Waals surface area (Å²) in [6, 6.07) is 4.10. The Labute approximate surface area is 159 Å². The Morgan fingerprint density at radius 3 is 2.43 bits per heavy atom. The molecule has 1 aromatic carbocycles. The van der Waals surface area contributed by atoms with Crippen molar-refractivity contribution in [3.8, 4) is 11.8 Å². The Morgan fingerprint density at radius 2 is 1.93 bits per heavy atom. The van der Waals surface area contributed by atoms with Crippen LogP contribution in [0.5, 0.6) is 0 Å². The highest BCUT2D eigenvalue weighted by Gasteiger charge is 2.44. The van der Waals surface area contributed by atoms with E-state index in [0.717, 1.165) is 6.92 Å². The molecule has 2 atom stereocenters. The lowest BCUT2D eigenvalue weighted by Crippen LogP contribution is -2.66. The molecule has 8 nitrogen and oxygen atoms in total. The normalized spacial score (nSPS) is 13.8. The number of hydrogen-bond donors (Lipinski definition) is 4. The number of hydroxylamine groups is 1. The summed E-state index contributed by atoms with van der Waals surface area (Å²) in [6.07, 6.45) is 0.231. The van der Waals surface area contributed by atoms with Crippen LogP contribution in [-0.2, 0) is 11.8 Å². The molecule has 0 aliphatic heterocycles. The van der Waals surface area contributed by atoms with Gasteiger partial charge in [-0.15, -0.1) is 0 Å². The molecule has 0 radical (unpaired) electrons. The van der Waals surface area contributed by atoms with Crippen molar-refractivity contribution in [2.24, 2.45) is 12.8 Å². The first kappa shape index (κ1) is 21.0. The fraction of sp³-hybridized carbons (Fsp3) is 0.278. The van der Waals surface area contributed by atoms with Gasteiger partial charge in [-0.05, 0) is 37.1 Å². The number of benzene rings is 1. The zero-order valence-electron chi connectivity index (χ0n) is 15.1. The van der Waals surface area contributed by atoms with Crippen LogP contribution in [0.1, 0.15) is 28.5 Å². The summed E-state index contributed by atoms with van der Waals surface area (Å²) in [5.74, 6) is 3.67. The second kappa shape index (κ2) is 8.60. The first-order chi connectivity index (χ1) is 13.1. The maximum absolute atomic E-state index is 13.1. The second-order valence-electron chi connectivity index (χ2n) is 6.30. The second-order valence-corrected chi connectivity index (χ2v) is 6.30. The lowest BCUT2D eigenvalue weighted by atomic mass is 9.92. The van der Waals surface area contributed by atoms with Gasteiger partial charge in [0.05, 0.1) is 6.33 Å². The van der Waals surface area contributed by atoms with E-state index in [9.17, 15) is 18.4 Å². The Kier molecular flexibility index (Phi) is 6.45. The number of nitrogens with zero attached hydrogens (tertiary/aromatic N) is 2. The molecule has 0 aliphatic carbocycles. The third-order valence-corrected chi connectivity index (χ3v) is 3.93. The van der Waals surface area contributed by atoms with Crippen LogP contribution in [0.15, 0.2) is 36.8 Å². The first-order valence-corrected chi connectivity index (χ1v) is 8.07. The largest absolute Gasteiger partial charge is 0.339 e. The molecule has 1 aromatic heterocycles. The summed E-state index contributed by atoms with van der Waals surface area (Å²) in [5.41, 5.74) is 5.59. The smallest absolute Gasteiger partial charge is 0.268 e. The number of aryl methyl sites for hydroxylation is 1. The van der Waals surface area contributed by atoms with E-state index in [-0.39, 0.29) is 5.56 Å². The lowest BCUT2D eigenvalue weighted by molar-refractivity contribution is -0.134. The molecular formula is C18H19F2N5O3. The zero-order chi connectivity index (χ0) is 20.9. The number of carbonyl (C=O) groups excluding carboxylic acids is 2. The Morgan fingerprint density at radius 1 is 1.29 bits per heavy atom. The third kappa shape index (κ3) is 4.91. The molecule has 0 fully saturated rings. The minimum atomic E-state index is -3.13. The first-order valence-electron chi connectivity index (χ1n) is 8.07. The van der Waals surface area contributed by atoms with Crippen LogP contribution in [0.2, 0.25) is 0 Å². The maximum Gasteiger partial charge on any atom is 0.268 e. The molecule has 28 heavy (non-hydrogen) atoms. The van der Waals surface area contributed by atoms with Gasteiger partial charge in [-0.1, -0.05) is 5.92 Å². The highest BCUT2D eigenvalue weighted by molar-refractivity contribution is 5.98. The number of hydrogen-bond acceptors (Lipinski definition) is 5. The number of carbonyl (C=O) groups is 2. The lowest BCUT2D eigenvalue weighted by Gasteiger charge is -2.32. The van der Waals surface area contributed by atoms with E-state index in [4.69, 9.17) is 10.9 Å². The Bertz CT molecular complexity index is 913. The van der Waals surface area contributed by atoms with Gasteiger partial charge in [-0.2, -0.15) is 0 Å². The maximum atomic E-state index is 13.1. The number of nitrogens with one attached hydrogen (secondary N) is 2. The van der Waals surface area contributed by atoms with Crippen LogP contribution >= 0.6 is 0 Å². The Balaban J connectivity index is 2.15. The van der Waals surface area contributed by atoms with Gasteiger partial charge in [0.1, 0.15) is 17.3 Å². The van der Waals surface area contributed by atoms with E-state index in [0.29, 0.717) is 11.3 Å². The van der Waals surface area contributed by atoms with E-state index in [1.807, 2.05) is 7.05 Å². The summed E-state index contributed by atoms with van der Waals surface area (Å²) in [7, 11) is 1.82. The highest BCUT2D eigenvalue weighted by Crippen LogP contribution is 2.18. The fourth-order valence-corrected chi connectivity index (χ4v) is 2.23. The molecule has 0 saturated heterocycles. The summed E-state index contributed by atoms with van der Waals surface area (Å²) >= 11 is 0. The number of halogens is 2. The number of amides is 2. The van der Waals surface area contributed by atoms with Gasteiger partial charge in [0.2, 0.25) is 0 Å². The van der Waals surface area contributed by atoms with Crippen LogP contribution in [0.4, 0.5) is 8.78 Å². The molecule has 2 amide bonds. The predicted molar refractivity (Wildman–Crippen MR) is 95.4 cm³/mol. The molecule has 1 unspecified atom stereocenters. The minimum Gasteiger partial charge on any atom is -0.339 e. The van der Waals surface area contributed by atoms with E-state index in [1.54, 1.807) is 29.2 Å². The standard InChI is InChI=1S/C18H19F2N5O3/c1-18(21,17(19)20)14(16(27)24-28)23-15(26)12-6-3-11(4-7-12)5-8-13-9-25(2)10-22-13/h3-4,6-7,9-10,14,17,28H,21H2,1-2H3,(H,23,26)(H,24,27)/t14-,18?/m1/s1. The van der Waals surface area contributed by atoms with E-state index >= 15 is 0 Å². The van der Waals surface area contributed by atoms with Crippen molar-refractivity contribution in [2.45, 2.75) is 24.9 Å². The van der Waals surface area contributed by atoms with Crippen molar-refractivity contribution in [3.63, 3.8) is 0 Å². The monoisotopic (exact) mass is 391 g/mol. The van der Waals surface area contributed by atoms with Crippen molar-refractivity contribution >= 4 is 11.8 Å². The molecule has 0 bridgehead atoms. The third-order valence-electron chi connectivity index (χ3n) is 3.93. The van der Waals surface area contributed by atoms with Crippen LogP contribution in [-0.4, -0.2) is 44.6 Å². The number of rotatable bonds is 5. The predicted octanol–water partition coefficient (Wildman–Crippen LogP) is 0.406. The van der Waals surface area contributed by atoms with Crippen LogP contribution in [0.25, 0.3) is 0 Å². The van der Waals surface area contributed by atoms with Gasteiger partial charge in [-0.25, -0.2) is 19.2 Å². The number of aromatic nitrogens is 2. The number of alkyl halides is 2. The van der Waals surface area contributed by atoms with Gasteiger partial charge >= 0.3 is 0 Å². The van der Waals surface area contributed by atoms with Crippen molar-refractivity contribution in [2.75, 3.05) is 0 Å². The SMILES string of the molecule is Cn1cnc(C#Cc2ccc(C(=O)N[C@H](C(=O)NO)C(C)(N)C(F)F)cc2)c1. The van der Waals surface area contributed by atoms with Gasteiger partial charge in [-0.3, -0.25) is 14.8 Å². The van der Waals surface area contributed by atoms with Gasteiger partial charge in [0, 0.05) is 24.4 Å². The van der Waals surface area contributed by atoms with Crippen LogP contribution < -0.4 is 16.5 Å². The number of imidazole rings is 1. The average Bonchev–Trinajstić information content (AvgIpc) is 3.09. The highest BCUT2D eigenvalue weighted by atomic mass is 19.3. The summed E-state index contributed by atoms with van der Waals surface area (Å²) in [5, 5.41) is 10.9. The summed E-state index contributed by atoms with van der Waals surface area (Å²) in [4.78, 5) is 28.1. The molecule has 1 heterocycles. The fourth-order valence-electron chi connectivity index (χ4n) is 2.23. The van der Waals surface area contributed by atoms with Crippen LogP contribution in [0.3, 0.4) is 0 Å². The van der Waals surface area contributed by atoms with Gasteiger partial charge in [0.15, 0.2) is 0 Å². The molecule has 2 aromatic rings. The van der Waals surface area contributed by atoms with E-state index in [1.165, 1.54) is 17.6 Å². The van der Waals surface area contributed by atoms with Gasteiger partial charge in [0.25, 0.3) is 18.2 Å². The Hall–Kier alpha value is -3.29.